The Balaban J connectivity index is 2.42. The maximum absolute atomic E-state index is 13.8. The van der Waals surface area contributed by atoms with Crippen LogP contribution in [0.15, 0.2) is 17.0 Å². The van der Waals surface area contributed by atoms with Crippen LogP contribution < -0.4 is 5.73 Å². The maximum Gasteiger partial charge on any atom is 0.246 e. The molecule has 2 N–H and O–H groups in total. The van der Waals surface area contributed by atoms with E-state index in [4.69, 9.17) is 5.73 Å². The van der Waals surface area contributed by atoms with Crippen LogP contribution in [-0.2, 0) is 10.0 Å². The summed E-state index contributed by atoms with van der Waals surface area (Å²) in [6.07, 6.45) is 0.931. The normalized spacial score (nSPS) is 24.8. The van der Waals surface area contributed by atoms with Gasteiger partial charge in [0.25, 0.3) is 0 Å². The van der Waals surface area contributed by atoms with Crippen molar-refractivity contribution in [1.82, 2.24) is 4.31 Å². The third-order valence-electron chi connectivity index (χ3n) is 3.50. The number of nitrogens with two attached hydrogens (primary N) is 1. The van der Waals surface area contributed by atoms with Crippen LogP contribution in [0.1, 0.15) is 20.3 Å². The quantitative estimate of drug-likeness (QED) is 0.852. The van der Waals surface area contributed by atoms with Crippen molar-refractivity contribution in [2.45, 2.75) is 25.2 Å². The second kappa shape index (κ2) is 5.29. The highest BCUT2D eigenvalue weighted by molar-refractivity contribution is 7.89. The zero-order valence-corrected chi connectivity index (χ0v) is 12.3. The molecule has 1 heterocycles. The van der Waals surface area contributed by atoms with Gasteiger partial charge in [0.05, 0.1) is 5.69 Å². The summed E-state index contributed by atoms with van der Waals surface area (Å²) in [6, 6.07) is 1.36. The molecule has 2 unspecified atom stereocenters. The van der Waals surface area contributed by atoms with Gasteiger partial charge in [-0.25, -0.2) is 17.2 Å². The molecule has 0 aliphatic carbocycles. The molecule has 1 aliphatic heterocycles. The summed E-state index contributed by atoms with van der Waals surface area (Å²) in [5.41, 5.74) is 4.97. The Kier molecular flexibility index (Phi) is 4.02. The van der Waals surface area contributed by atoms with Crippen molar-refractivity contribution in [3.63, 3.8) is 0 Å². The number of rotatable bonds is 2. The molecule has 1 aromatic carbocycles. The molecule has 1 fully saturated rings. The molecule has 0 saturated carbocycles. The topological polar surface area (TPSA) is 63.4 Å². The van der Waals surface area contributed by atoms with Crippen molar-refractivity contribution < 1.29 is 17.2 Å². The third-order valence-corrected chi connectivity index (χ3v) is 5.35. The Morgan fingerprint density at radius 3 is 2.25 bits per heavy atom. The van der Waals surface area contributed by atoms with Crippen LogP contribution in [0.5, 0.6) is 0 Å². The first-order valence-electron chi connectivity index (χ1n) is 6.46. The summed E-state index contributed by atoms with van der Waals surface area (Å²) in [5.74, 6) is -1.66. The Hall–Kier alpha value is -1.21. The number of hydrogen-bond donors (Lipinski definition) is 1. The van der Waals surface area contributed by atoms with Gasteiger partial charge in [0.15, 0.2) is 0 Å². The number of anilines is 1. The number of nitrogens with zero attached hydrogens (tertiary/aromatic N) is 1. The summed E-state index contributed by atoms with van der Waals surface area (Å²) in [5, 5.41) is 0. The van der Waals surface area contributed by atoms with Crippen molar-refractivity contribution in [2.75, 3.05) is 18.8 Å². The summed E-state index contributed by atoms with van der Waals surface area (Å²) >= 11 is 0. The Morgan fingerprint density at radius 1 is 1.15 bits per heavy atom. The molecule has 4 nitrogen and oxygen atoms in total. The highest BCUT2D eigenvalue weighted by atomic mass is 32.2. The van der Waals surface area contributed by atoms with Crippen LogP contribution in [0, 0.1) is 23.5 Å². The number of benzene rings is 1. The van der Waals surface area contributed by atoms with Crippen molar-refractivity contribution in [3.8, 4) is 0 Å². The van der Waals surface area contributed by atoms with Gasteiger partial charge in [-0.3, -0.25) is 0 Å². The van der Waals surface area contributed by atoms with Crippen molar-refractivity contribution in [2.24, 2.45) is 11.8 Å². The second-order valence-electron chi connectivity index (χ2n) is 5.57. The Bertz CT molecular complexity index is 609. The molecule has 0 amide bonds. The van der Waals surface area contributed by atoms with Gasteiger partial charge in [0, 0.05) is 19.2 Å². The lowest BCUT2D eigenvalue weighted by Gasteiger charge is -2.34. The monoisotopic (exact) mass is 304 g/mol. The standard InChI is InChI=1S/C13H18F2N2O2S/c1-8-3-9(2)7-17(6-8)20(18,19)13-5-12(16)10(14)4-11(13)15/h4-5,8-9H,3,6-7,16H2,1-2H3. The Labute approximate surface area is 117 Å². The van der Waals surface area contributed by atoms with Gasteiger partial charge >= 0.3 is 0 Å². The number of hydrogen-bond acceptors (Lipinski definition) is 3. The van der Waals surface area contributed by atoms with E-state index in [9.17, 15) is 17.2 Å². The molecule has 2 atom stereocenters. The molecule has 0 radical (unpaired) electrons. The van der Waals surface area contributed by atoms with Crippen molar-refractivity contribution in [3.05, 3.63) is 23.8 Å². The van der Waals surface area contributed by atoms with Gasteiger partial charge in [-0.2, -0.15) is 4.31 Å². The predicted octanol–water partition coefficient (Wildman–Crippen LogP) is 2.21. The molecular formula is C13H18F2N2O2S. The van der Waals surface area contributed by atoms with E-state index in [1.54, 1.807) is 0 Å². The number of piperidine rings is 1. The second-order valence-corrected chi connectivity index (χ2v) is 7.48. The zero-order chi connectivity index (χ0) is 15.1. The van der Waals surface area contributed by atoms with Crippen LogP contribution in [0.4, 0.5) is 14.5 Å². The van der Waals surface area contributed by atoms with E-state index >= 15 is 0 Å². The molecule has 20 heavy (non-hydrogen) atoms. The SMILES string of the molecule is CC1CC(C)CN(S(=O)(=O)c2cc(N)c(F)cc2F)C1. The maximum atomic E-state index is 13.8. The van der Waals surface area contributed by atoms with Crippen molar-refractivity contribution in [1.29, 1.82) is 0 Å². The predicted molar refractivity (Wildman–Crippen MR) is 72.5 cm³/mol. The lowest BCUT2D eigenvalue weighted by Crippen LogP contribution is -2.42. The van der Waals surface area contributed by atoms with Crippen LogP contribution in [-0.4, -0.2) is 25.8 Å². The van der Waals surface area contributed by atoms with Crippen LogP contribution in [0.2, 0.25) is 0 Å². The fourth-order valence-electron chi connectivity index (χ4n) is 2.68. The van der Waals surface area contributed by atoms with E-state index in [-0.39, 0.29) is 17.5 Å². The molecule has 2 rings (SSSR count). The van der Waals surface area contributed by atoms with Gasteiger partial charge in [0.1, 0.15) is 16.5 Å². The van der Waals surface area contributed by atoms with Gasteiger partial charge in [-0.05, 0) is 24.3 Å². The van der Waals surface area contributed by atoms with E-state index in [0.717, 1.165) is 12.5 Å². The zero-order valence-electron chi connectivity index (χ0n) is 11.4. The number of sulfonamides is 1. The molecule has 0 spiro atoms. The summed E-state index contributed by atoms with van der Waals surface area (Å²) < 4.78 is 53.1. The molecule has 1 aliphatic rings. The van der Waals surface area contributed by atoms with Crippen LogP contribution >= 0.6 is 0 Å². The minimum Gasteiger partial charge on any atom is -0.396 e. The van der Waals surface area contributed by atoms with E-state index in [2.05, 4.69) is 0 Å². The average Bonchev–Trinajstić information content (AvgIpc) is 2.32. The minimum atomic E-state index is -3.99. The third kappa shape index (κ3) is 2.78. The van der Waals surface area contributed by atoms with E-state index < -0.39 is 26.6 Å². The molecule has 0 aromatic heterocycles. The van der Waals surface area contributed by atoms with Crippen LogP contribution in [0.3, 0.4) is 0 Å². The van der Waals surface area contributed by atoms with Gasteiger partial charge in [0.2, 0.25) is 10.0 Å². The molecule has 112 valence electrons. The molecule has 1 saturated heterocycles. The number of halogens is 2. The van der Waals surface area contributed by atoms with Gasteiger partial charge in [-0.1, -0.05) is 13.8 Å². The molecule has 0 bridgehead atoms. The molecular weight excluding hydrogens is 286 g/mol. The highest BCUT2D eigenvalue weighted by Crippen LogP contribution is 2.29. The molecule has 1 aromatic rings. The van der Waals surface area contributed by atoms with E-state index in [0.29, 0.717) is 19.2 Å². The molecule has 7 heteroatoms. The average molecular weight is 304 g/mol. The smallest absolute Gasteiger partial charge is 0.246 e. The van der Waals surface area contributed by atoms with E-state index in [1.807, 2.05) is 13.8 Å². The van der Waals surface area contributed by atoms with Crippen molar-refractivity contribution >= 4 is 15.7 Å². The summed E-state index contributed by atoms with van der Waals surface area (Å²) in [6.45, 7) is 4.58. The first kappa shape index (κ1) is 15.2. The van der Waals surface area contributed by atoms with Gasteiger partial charge < -0.3 is 5.73 Å². The first-order chi connectivity index (χ1) is 9.21. The lowest BCUT2D eigenvalue weighted by molar-refractivity contribution is 0.222. The highest BCUT2D eigenvalue weighted by Gasteiger charge is 2.33. The van der Waals surface area contributed by atoms with E-state index in [1.165, 1.54) is 4.31 Å². The Morgan fingerprint density at radius 2 is 1.70 bits per heavy atom. The largest absolute Gasteiger partial charge is 0.396 e. The summed E-state index contributed by atoms with van der Waals surface area (Å²) in [4.78, 5) is -0.558. The fraction of sp³-hybridized carbons (Fsp3) is 0.538. The minimum absolute atomic E-state index is 0.203. The fourth-order valence-corrected chi connectivity index (χ4v) is 4.44. The summed E-state index contributed by atoms with van der Waals surface area (Å²) in [7, 11) is -3.99. The number of nitrogen functional groups attached to an aromatic ring is 1. The lowest BCUT2D eigenvalue weighted by atomic mass is 9.94. The first-order valence-corrected chi connectivity index (χ1v) is 7.90. The van der Waals surface area contributed by atoms with Crippen LogP contribution in [0.25, 0.3) is 0 Å². The van der Waals surface area contributed by atoms with Gasteiger partial charge in [-0.15, -0.1) is 0 Å².